The number of nitrogens with one attached hydrogen (secondary N) is 1. The van der Waals surface area contributed by atoms with E-state index < -0.39 is 12.0 Å². The van der Waals surface area contributed by atoms with E-state index in [1.165, 1.54) is 0 Å². The lowest BCUT2D eigenvalue weighted by Crippen LogP contribution is -2.41. The number of carboxylic acids is 1. The number of amides is 1. The maximum atomic E-state index is 11.5. The standard InChI is InChI=1S/C11H19NO4/c1-2-4-9(11(14)15)12-10(13)7-8-5-3-6-16-8/h8-9H,2-7H2,1H3,(H,12,13)(H,14,15)/t8?,9-/m0/s1. The summed E-state index contributed by atoms with van der Waals surface area (Å²) >= 11 is 0. The lowest BCUT2D eigenvalue weighted by atomic mass is 10.1. The highest BCUT2D eigenvalue weighted by Gasteiger charge is 2.23. The normalized spacial score (nSPS) is 21.7. The first-order chi connectivity index (χ1) is 7.63. The van der Waals surface area contributed by atoms with E-state index in [0.717, 1.165) is 19.3 Å². The van der Waals surface area contributed by atoms with Crippen LogP contribution < -0.4 is 5.32 Å². The Morgan fingerprint density at radius 1 is 1.56 bits per heavy atom. The molecule has 5 heteroatoms. The van der Waals surface area contributed by atoms with Crippen molar-refractivity contribution in [2.45, 2.75) is 51.2 Å². The highest BCUT2D eigenvalue weighted by Crippen LogP contribution is 2.15. The summed E-state index contributed by atoms with van der Waals surface area (Å²) < 4.78 is 5.32. The monoisotopic (exact) mass is 229 g/mol. The minimum absolute atomic E-state index is 0.0314. The van der Waals surface area contributed by atoms with E-state index in [1.54, 1.807) is 0 Å². The van der Waals surface area contributed by atoms with Gasteiger partial charge >= 0.3 is 5.97 Å². The van der Waals surface area contributed by atoms with Crippen molar-refractivity contribution in [1.82, 2.24) is 5.32 Å². The fourth-order valence-electron chi connectivity index (χ4n) is 1.81. The largest absolute Gasteiger partial charge is 0.480 e. The quantitative estimate of drug-likeness (QED) is 0.710. The topological polar surface area (TPSA) is 75.6 Å². The summed E-state index contributed by atoms with van der Waals surface area (Å²) in [6.07, 6.45) is 3.31. The first-order valence-corrected chi connectivity index (χ1v) is 5.77. The molecule has 0 aromatic rings. The predicted octanol–water partition coefficient (Wildman–Crippen LogP) is 0.925. The maximum Gasteiger partial charge on any atom is 0.326 e. The Bertz CT molecular complexity index is 248. The van der Waals surface area contributed by atoms with Gasteiger partial charge < -0.3 is 15.2 Å². The molecule has 1 heterocycles. The van der Waals surface area contributed by atoms with Crippen LogP contribution in [0.4, 0.5) is 0 Å². The summed E-state index contributed by atoms with van der Waals surface area (Å²) in [5, 5.41) is 11.4. The van der Waals surface area contributed by atoms with Crippen molar-refractivity contribution in [3.63, 3.8) is 0 Å². The van der Waals surface area contributed by atoms with Crippen molar-refractivity contribution in [3.05, 3.63) is 0 Å². The van der Waals surface area contributed by atoms with Crippen LogP contribution in [0.25, 0.3) is 0 Å². The number of carbonyl (C=O) groups is 2. The van der Waals surface area contributed by atoms with Gasteiger partial charge in [-0.25, -0.2) is 4.79 Å². The summed E-state index contributed by atoms with van der Waals surface area (Å²) in [7, 11) is 0. The van der Waals surface area contributed by atoms with Crippen molar-refractivity contribution in [3.8, 4) is 0 Å². The minimum Gasteiger partial charge on any atom is -0.480 e. The van der Waals surface area contributed by atoms with Crippen LogP contribution in [-0.4, -0.2) is 35.7 Å². The van der Waals surface area contributed by atoms with Crippen LogP contribution in [0.2, 0.25) is 0 Å². The first kappa shape index (κ1) is 13.0. The van der Waals surface area contributed by atoms with Crippen molar-refractivity contribution < 1.29 is 19.4 Å². The van der Waals surface area contributed by atoms with Crippen LogP contribution in [0, 0.1) is 0 Å². The van der Waals surface area contributed by atoms with Gasteiger partial charge in [-0.15, -0.1) is 0 Å². The molecule has 2 N–H and O–H groups in total. The zero-order valence-corrected chi connectivity index (χ0v) is 9.57. The van der Waals surface area contributed by atoms with Crippen molar-refractivity contribution in [2.24, 2.45) is 0 Å². The molecule has 0 radical (unpaired) electrons. The third-order valence-electron chi connectivity index (χ3n) is 2.65. The summed E-state index contributed by atoms with van der Waals surface area (Å²) in [5.41, 5.74) is 0. The van der Waals surface area contributed by atoms with Gasteiger partial charge in [-0.05, 0) is 19.3 Å². The van der Waals surface area contributed by atoms with Crippen LogP contribution in [0.5, 0.6) is 0 Å². The molecule has 5 nitrogen and oxygen atoms in total. The highest BCUT2D eigenvalue weighted by atomic mass is 16.5. The van der Waals surface area contributed by atoms with Crippen LogP contribution in [-0.2, 0) is 14.3 Å². The second kappa shape index (κ2) is 6.48. The molecule has 0 bridgehead atoms. The molecule has 1 aliphatic heterocycles. The number of ether oxygens (including phenoxy) is 1. The zero-order chi connectivity index (χ0) is 12.0. The molecule has 2 atom stereocenters. The number of hydrogen-bond donors (Lipinski definition) is 2. The molecule has 1 saturated heterocycles. The van der Waals surface area contributed by atoms with Gasteiger partial charge in [-0.3, -0.25) is 4.79 Å². The van der Waals surface area contributed by atoms with Crippen molar-refractivity contribution in [2.75, 3.05) is 6.61 Å². The number of hydrogen-bond acceptors (Lipinski definition) is 3. The van der Waals surface area contributed by atoms with Crippen LogP contribution in [0.3, 0.4) is 0 Å². The molecule has 16 heavy (non-hydrogen) atoms. The van der Waals surface area contributed by atoms with Gasteiger partial charge in [0, 0.05) is 6.61 Å². The Labute approximate surface area is 95.2 Å². The Morgan fingerprint density at radius 3 is 2.81 bits per heavy atom. The Balaban J connectivity index is 2.32. The molecule has 1 unspecified atom stereocenters. The fraction of sp³-hybridized carbons (Fsp3) is 0.818. The second-order valence-corrected chi connectivity index (χ2v) is 4.09. The summed E-state index contributed by atoms with van der Waals surface area (Å²) in [6.45, 7) is 2.59. The number of carbonyl (C=O) groups excluding carboxylic acids is 1. The van der Waals surface area contributed by atoms with E-state index in [1.807, 2.05) is 6.92 Å². The smallest absolute Gasteiger partial charge is 0.326 e. The lowest BCUT2D eigenvalue weighted by molar-refractivity contribution is -0.142. The van der Waals surface area contributed by atoms with E-state index in [4.69, 9.17) is 9.84 Å². The van der Waals surface area contributed by atoms with Gasteiger partial charge in [-0.1, -0.05) is 13.3 Å². The molecular formula is C11H19NO4. The van der Waals surface area contributed by atoms with E-state index in [-0.39, 0.29) is 18.4 Å². The van der Waals surface area contributed by atoms with Crippen molar-refractivity contribution >= 4 is 11.9 Å². The van der Waals surface area contributed by atoms with Crippen molar-refractivity contribution in [1.29, 1.82) is 0 Å². The third-order valence-corrected chi connectivity index (χ3v) is 2.65. The van der Waals surface area contributed by atoms with Gasteiger partial charge in [0.1, 0.15) is 6.04 Å². The number of rotatable bonds is 6. The molecule has 0 aromatic carbocycles. The average molecular weight is 229 g/mol. The fourth-order valence-corrected chi connectivity index (χ4v) is 1.81. The third kappa shape index (κ3) is 4.18. The SMILES string of the molecule is CCC[C@H](NC(=O)CC1CCCO1)C(=O)O. The van der Waals surface area contributed by atoms with Gasteiger partial charge in [0.2, 0.25) is 5.91 Å². The van der Waals surface area contributed by atoms with E-state index in [2.05, 4.69) is 5.32 Å². The van der Waals surface area contributed by atoms with Gasteiger partial charge in [-0.2, -0.15) is 0 Å². The summed E-state index contributed by atoms with van der Waals surface area (Å²) in [5.74, 6) is -1.20. The molecule has 0 aliphatic carbocycles. The molecule has 1 fully saturated rings. The molecule has 1 aliphatic rings. The predicted molar refractivity (Wildman–Crippen MR) is 58.1 cm³/mol. The zero-order valence-electron chi connectivity index (χ0n) is 9.57. The van der Waals surface area contributed by atoms with Gasteiger partial charge in [0.05, 0.1) is 12.5 Å². The number of aliphatic carboxylic acids is 1. The van der Waals surface area contributed by atoms with Crippen LogP contribution in [0.1, 0.15) is 39.0 Å². The summed E-state index contributed by atoms with van der Waals surface area (Å²) in [4.78, 5) is 22.4. The lowest BCUT2D eigenvalue weighted by Gasteiger charge is -2.15. The minimum atomic E-state index is -0.970. The molecule has 0 aromatic heterocycles. The Hall–Kier alpha value is -1.10. The molecule has 0 saturated carbocycles. The Kier molecular flexibility index (Phi) is 5.25. The van der Waals surface area contributed by atoms with Crippen LogP contribution >= 0.6 is 0 Å². The van der Waals surface area contributed by atoms with Gasteiger partial charge in [0.15, 0.2) is 0 Å². The molecule has 0 spiro atoms. The highest BCUT2D eigenvalue weighted by molar-refractivity contribution is 5.83. The molecule has 1 amide bonds. The van der Waals surface area contributed by atoms with Crippen LogP contribution in [0.15, 0.2) is 0 Å². The van der Waals surface area contributed by atoms with Gasteiger partial charge in [0.25, 0.3) is 0 Å². The average Bonchev–Trinajstić information content (AvgIpc) is 2.69. The first-order valence-electron chi connectivity index (χ1n) is 5.77. The maximum absolute atomic E-state index is 11.5. The number of carboxylic acid groups (broad SMARTS) is 1. The Morgan fingerprint density at radius 2 is 2.31 bits per heavy atom. The molecule has 1 rings (SSSR count). The summed E-state index contributed by atoms with van der Waals surface area (Å²) in [6, 6.07) is -0.765. The molecular weight excluding hydrogens is 210 g/mol. The molecule has 92 valence electrons. The van der Waals surface area contributed by atoms with E-state index >= 15 is 0 Å². The van der Waals surface area contributed by atoms with E-state index in [0.29, 0.717) is 13.0 Å². The van der Waals surface area contributed by atoms with E-state index in [9.17, 15) is 9.59 Å². The second-order valence-electron chi connectivity index (χ2n) is 4.09.